The standard InChI is InChI=1S/C6H12.C6H10/c2*1-4-6(3)5-2/h4,6H,1,5H2,2-3H3;4-5H,1H2,2-3H3. The number of hydrogen-bond donors (Lipinski definition) is 0. The van der Waals surface area contributed by atoms with Crippen molar-refractivity contribution in [3.63, 3.8) is 0 Å². The van der Waals surface area contributed by atoms with Crippen LogP contribution in [-0.2, 0) is 0 Å². The van der Waals surface area contributed by atoms with E-state index in [0.717, 1.165) is 0 Å². The van der Waals surface area contributed by atoms with Crippen LogP contribution in [0.3, 0.4) is 0 Å². The van der Waals surface area contributed by atoms with Crippen LogP contribution in [0.25, 0.3) is 0 Å². The molecule has 1 unspecified atom stereocenters. The van der Waals surface area contributed by atoms with Gasteiger partial charge in [0, 0.05) is 0 Å². The molecule has 0 aromatic rings. The summed E-state index contributed by atoms with van der Waals surface area (Å²) in [4.78, 5) is 0. The van der Waals surface area contributed by atoms with E-state index in [1.807, 2.05) is 32.1 Å². The lowest BCUT2D eigenvalue weighted by Crippen LogP contribution is -1.80. The maximum Gasteiger partial charge on any atom is -0.0267 e. The van der Waals surface area contributed by atoms with Crippen LogP contribution in [0.4, 0.5) is 0 Å². The van der Waals surface area contributed by atoms with Crippen molar-refractivity contribution in [2.75, 3.05) is 0 Å². The molecule has 0 aromatic heterocycles. The maximum atomic E-state index is 3.63. The molecule has 0 saturated carbocycles. The van der Waals surface area contributed by atoms with Gasteiger partial charge >= 0.3 is 0 Å². The van der Waals surface area contributed by atoms with Gasteiger partial charge in [-0.25, -0.2) is 0 Å². The predicted octanol–water partition coefficient (Wildman–Crippen LogP) is 4.36. The SMILES string of the molecule is C=CC(C)=CC.C=CC(C)CC. The first-order valence-corrected chi connectivity index (χ1v) is 4.50. The lowest BCUT2D eigenvalue weighted by Gasteiger charge is -1.93. The third-order valence-corrected chi connectivity index (χ3v) is 1.82. The van der Waals surface area contributed by atoms with E-state index in [1.165, 1.54) is 12.0 Å². The Balaban J connectivity index is 0. The molecule has 0 aliphatic carbocycles. The van der Waals surface area contributed by atoms with Gasteiger partial charge in [-0.1, -0.05) is 50.6 Å². The van der Waals surface area contributed by atoms with E-state index in [4.69, 9.17) is 0 Å². The van der Waals surface area contributed by atoms with Gasteiger partial charge in [-0.3, -0.25) is 0 Å². The summed E-state index contributed by atoms with van der Waals surface area (Å²) in [6, 6.07) is 0. The third kappa shape index (κ3) is 12.0. The molecule has 0 radical (unpaired) electrons. The first-order chi connectivity index (χ1) is 5.62. The molecule has 0 rings (SSSR count). The van der Waals surface area contributed by atoms with Crippen molar-refractivity contribution in [3.8, 4) is 0 Å². The van der Waals surface area contributed by atoms with E-state index in [0.29, 0.717) is 5.92 Å². The first kappa shape index (κ1) is 13.8. The molecule has 0 fully saturated rings. The van der Waals surface area contributed by atoms with Crippen molar-refractivity contribution in [3.05, 3.63) is 37.0 Å². The lowest BCUT2D eigenvalue weighted by atomic mass is 10.1. The van der Waals surface area contributed by atoms with Gasteiger partial charge in [0.2, 0.25) is 0 Å². The molecule has 0 aliphatic heterocycles. The second-order valence-electron chi connectivity index (χ2n) is 2.86. The summed E-state index contributed by atoms with van der Waals surface area (Å²) in [6.45, 7) is 15.5. The van der Waals surface area contributed by atoms with Crippen molar-refractivity contribution in [2.45, 2.75) is 34.1 Å². The van der Waals surface area contributed by atoms with Crippen molar-refractivity contribution in [1.29, 1.82) is 0 Å². The Labute approximate surface area is 77.7 Å². The lowest BCUT2D eigenvalue weighted by molar-refractivity contribution is 0.700. The summed E-state index contributed by atoms with van der Waals surface area (Å²) in [5, 5.41) is 0. The minimum Gasteiger partial charge on any atom is -0.103 e. The van der Waals surface area contributed by atoms with Gasteiger partial charge < -0.3 is 0 Å². The van der Waals surface area contributed by atoms with Crippen LogP contribution < -0.4 is 0 Å². The second-order valence-corrected chi connectivity index (χ2v) is 2.86. The summed E-state index contributed by atoms with van der Waals surface area (Å²) >= 11 is 0. The largest absolute Gasteiger partial charge is 0.103 e. The molecule has 0 heteroatoms. The Morgan fingerprint density at radius 3 is 1.92 bits per heavy atom. The highest BCUT2D eigenvalue weighted by atomic mass is 13.9. The summed E-state index contributed by atoms with van der Waals surface area (Å²) in [5.74, 6) is 0.699. The molecule has 12 heavy (non-hydrogen) atoms. The number of allylic oxidation sites excluding steroid dienone is 4. The fourth-order valence-electron chi connectivity index (χ4n) is 0.285. The predicted molar refractivity (Wildman–Crippen MR) is 59.3 cm³/mol. The van der Waals surface area contributed by atoms with E-state index in [1.54, 1.807) is 0 Å². The molecule has 0 aliphatic rings. The van der Waals surface area contributed by atoms with Crippen LogP contribution in [0, 0.1) is 5.92 Å². The van der Waals surface area contributed by atoms with E-state index in [-0.39, 0.29) is 0 Å². The van der Waals surface area contributed by atoms with Gasteiger partial charge in [-0.05, 0) is 19.8 Å². The Morgan fingerprint density at radius 1 is 1.42 bits per heavy atom. The molecule has 0 N–H and O–H groups in total. The van der Waals surface area contributed by atoms with Gasteiger partial charge in [0.05, 0.1) is 0 Å². The normalized spacial score (nSPS) is 12.5. The van der Waals surface area contributed by atoms with Crippen molar-refractivity contribution >= 4 is 0 Å². The first-order valence-electron chi connectivity index (χ1n) is 4.50. The molecule has 0 nitrogen and oxygen atoms in total. The smallest absolute Gasteiger partial charge is 0.0267 e. The number of hydrogen-bond acceptors (Lipinski definition) is 0. The van der Waals surface area contributed by atoms with E-state index in [9.17, 15) is 0 Å². The second kappa shape index (κ2) is 10.2. The average molecular weight is 166 g/mol. The topological polar surface area (TPSA) is 0 Å². The van der Waals surface area contributed by atoms with E-state index in [2.05, 4.69) is 27.0 Å². The highest BCUT2D eigenvalue weighted by Gasteiger charge is 1.84. The molecule has 0 aromatic carbocycles. The summed E-state index contributed by atoms with van der Waals surface area (Å²) in [7, 11) is 0. The molecular weight excluding hydrogens is 144 g/mol. The molecule has 0 bridgehead atoms. The third-order valence-electron chi connectivity index (χ3n) is 1.82. The zero-order valence-electron chi connectivity index (χ0n) is 8.93. The minimum atomic E-state index is 0.699. The Bertz CT molecular complexity index is 140. The van der Waals surface area contributed by atoms with Gasteiger partial charge in [0.1, 0.15) is 0 Å². The monoisotopic (exact) mass is 166 g/mol. The van der Waals surface area contributed by atoms with Crippen molar-refractivity contribution in [1.82, 2.24) is 0 Å². The Morgan fingerprint density at radius 2 is 1.92 bits per heavy atom. The zero-order valence-corrected chi connectivity index (χ0v) is 8.93. The Hall–Kier alpha value is -0.780. The van der Waals surface area contributed by atoms with Gasteiger partial charge in [-0.2, -0.15) is 0 Å². The minimum absolute atomic E-state index is 0.699. The maximum absolute atomic E-state index is 3.63. The van der Waals surface area contributed by atoms with Crippen LogP contribution in [0.1, 0.15) is 34.1 Å². The molecule has 70 valence electrons. The van der Waals surface area contributed by atoms with Crippen LogP contribution in [0.2, 0.25) is 0 Å². The zero-order chi connectivity index (χ0) is 9.98. The quantitative estimate of drug-likeness (QED) is 0.432. The molecule has 0 saturated heterocycles. The van der Waals surface area contributed by atoms with Gasteiger partial charge in [-0.15, -0.1) is 6.58 Å². The van der Waals surface area contributed by atoms with Crippen LogP contribution in [-0.4, -0.2) is 0 Å². The van der Waals surface area contributed by atoms with Crippen molar-refractivity contribution in [2.24, 2.45) is 5.92 Å². The highest BCUT2D eigenvalue weighted by molar-refractivity contribution is 5.10. The Kier molecular flexibility index (Phi) is 11.7. The van der Waals surface area contributed by atoms with Crippen LogP contribution >= 0.6 is 0 Å². The van der Waals surface area contributed by atoms with Crippen LogP contribution in [0.15, 0.2) is 37.0 Å². The fourth-order valence-corrected chi connectivity index (χ4v) is 0.285. The molecule has 1 atom stereocenters. The van der Waals surface area contributed by atoms with E-state index >= 15 is 0 Å². The highest BCUT2D eigenvalue weighted by Crippen LogP contribution is 1.98. The summed E-state index contributed by atoms with van der Waals surface area (Å²) in [6.07, 6.45) is 7.04. The summed E-state index contributed by atoms with van der Waals surface area (Å²) in [5.41, 5.74) is 1.23. The fraction of sp³-hybridized carbons (Fsp3) is 0.500. The summed E-state index contributed by atoms with van der Waals surface area (Å²) < 4.78 is 0. The molecule has 0 spiro atoms. The number of rotatable bonds is 3. The average Bonchev–Trinajstić information content (AvgIpc) is 2.16. The molecule has 0 amide bonds. The van der Waals surface area contributed by atoms with Crippen LogP contribution in [0.5, 0.6) is 0 Å². The van der Waals surface area contributed by atoms with Crippen molar-refractivity contribution < 1.29 is 0 Å². The molecular formula is C12H22. The van der Waals surface area contributed by atoms with E-state index < -0.39 is 0 Å². The van der Waals surface area contributed by atoms with Gasteiger partial charge in [0.15, 0.2) is 0 Å². The van der Waals surface area contributed by atoms with Gasteiger partial charge in [0.25, 0.3) is 0 Å². The molecule has 0 heterocycles.